The molecule has 1 atom stereocenters. The van der Waals surface area contributed by atoms with E-state index in [9.17, 15) is 13.2 Å². The highest BCUT2D eigenvalue weighted by atomic mass is 32.2. The number of piperidine rings is 1. The molecule has 1 fully saturated rings. The summed E-state index contributed by atoms with van der Waals surface area (Å²) in [5.74, 6) is -0.723. The smallest absolute Gasteiger partial charge is 0.320 e. The van der Waals surface area contributed by atoms with Crippen LogP contribution >= 0.6 is 0 Å². The molecule has 1 aliphatic rings. The molecule has 1 heterocycles. The van der Waals surface area contributed by atoms with Gasteiger partial charge in [0, 0.05) is 19.1 Å². The van der Waals surface area contributed by atoms with Gasteiger partial charge in [-0.2, -0.15) is 0 Å². The van der Waals surface area contributed by atoms with E-state index in [1.807, 2.05) is 6.92 Å². The third-order valence-electron chi connectivity index (χ3n) is 3.36. The number of nitrogens with zero attached hydrogens (tertiary/aromatic N) is 1. The average molecular weight is 278 g/mol. The molecule has 1 rings (SSSR count). The Morgan fingerprint density at radius 2 is 1.94 bits per heavy atom. The number of rotatable bonds is 6. The van der Waals surface area contributed by atoms with E-state index in [2.05, 4.69) is 5.32 Å². The minimum absolute atomic E-state index is 0.0920. The Kier molecular flexibility index (Phi) is 5.55. The van der Waals surface area contributed by atoms with Gasteiger partial charge in [-0.3, -0.25) is 4.79 Å². The SMILES string of the molecule is CCC(NC1CCN(S(=O)(=O)CC)CC1)C(=O)O. The molecule has 0 saturated carbocycles. The summed E-state index contributed by atoms with van der Waals surface area (Å²) in [5.41, 5.74) is 0. The third-order valence-corrected chi connectivity index (χ3v) is 5.24. The van der Waals surface area contributed by atoms with Gasteiger partial charge in [-0.15, -0.1) is 0 Å². The standard InChI is InChI=1S/C11H22N2O4S/c1-3-10(11(14)15)12-9-5-7-13(8-6-9)18(16,17)4-2/h9-10,12H,3-8H2,1-2H3,(H,14,15). The molecule has 0 radical (unpaired) electrons. The maximum atomic E-state index is 11.7. The topological polar surface area (TPSA) is 86.7 Å². The zero-order valence-corrected chi connectivity index (χ0v) is 11.7. The van der Waals surface area contributed by atoms with Crippen molar-refractivity contribution in [3.63, 3.8) is 0 Å². The maximum absolute atomic E-state index is 11.7. The number of nitrogens with one attached hydrogen (secondary N) is 1. The van der Waals surface area contributed by atoms with Crippen molar-refractivity contribution < 1.29 is 18.3 Å². The van der Waals surface area contributed by atoms with Crippen molar-refractivity contribution in [2.75, 3.05) is 18.8 Å². The summed E-state index contributed by atoms with van der Waals surface area (Å²) >= 11 is 0. The van der Waals surface area contributed by atoms with Gasteiger partial charge in [0.05, 0.1) is 5.75 Å². The number of hydrogen-bond acceptors (Lipinski definition) is 4. The molecule has 0 aromatic rings. The first-order valence-corrected chi connectivity index (χ1v) is 7.98. The van der Waals surface area contributed by atoms with Crippen LogP contribution in [0.1, 0.15) is 33.1 Å². The van der Waals surface area contributed by atoms with E-state index < -0.39 is 22.0 Å². The predicted molar refractivity (Wildman–Crippen MR) is 68.9 cm³/mol. The van der Waals surface area contributed by atoms with E-state index >= 15 is 0 Å². The van der Waals surface area contributed by atoms with Crippen LogP contribution in [0.5, 0.6) is 0 Å². The van der Waals surface area contributed by atoms with Crippen molar-refractivity contribution in [1.29, 1.82) is 0 Å². The molecule has 0 aromatic heterocycles. The van der Waals surface area contributed by atoms with E-state index in [4.69, 9.17) is 5.11 Å². The molecule has 0 amide bonds. The van der Waals surface area contributed by atoms with Gasteiger partial charge >= 0.3 is 5.97 Å². The molecule has 6 nitrogen and oxygen atoms in total. The fourth-order valence-corrected chi connectivity index (χ4v) is 3.26. The first-order chi connectivity index (χ1) is 8.40. The van der Waals surface area contributed by atoms with Crippen LogP contribution in [0.4, 0.5) is 0 Å². The minimum Gasteiger partial charge on any atom is -0.480 e. The second-order valence-corrected chi connectivity index (χ2v) is 6.80. The number of hydrogen-bond donors (Lipinski definition) is 2. The zero-order valence-electron chi connectivity index (χ0n) is 10.9. The Morgan fingerprint density at radius 1 is 1.39 bits per heavy atom. The Labute approximate surface area is 108 Å². The quantitative estimate of drug-likeness (QED) is 0.727. The van der Waals surface area contributed by atoms with Gasteiger partial charge in [0.25, 0.3) is 0 Å². The van der Waals surface area contributed by atoms with Crippen molar-refractivity contribution in [3.05, 3.63) is 0 Å². The molecule has 2 N–H and O–H groups in total. The van der Waals surface area contributed by atoms with Gasteiger partial charge in [-0.1, -0.05) is 6.92 Å². The van der Waals surface area contributed by atoms with Crippen LogP contribution in [0.3, 0.4) is 0 Å². The van der Waals surface area contributed by atoms with Gasteiger partial charge < -0.3 is 10.4 Å². The summed E-state index contributed by atoms with van der Waals surface area (Å²) in [6.45, 7) is 4.41. The molecule has 7 heteroatoms. The van der Waals surface area contributed by atoms with Crippen LogP contribution in [0, 0.1) is 0 Å². The van der Waals surface area contributed by atoms with Crippen molar-refractivity contribution >= 4 is 16.0 Å². The lowest BCUT2D eigenvalue weighted by molar-refractivity contribution is -0.139. The van der Waals surface area contributed by atoms with Crippen molar-refractivity contribution in [1.82, 2.24) is 9.62 Å². The summed E-state index contributed by atoms with van der Waals surface area (Å²) in [6.07, 6.45) is 1.87. The molecule has 0 aromatic carbocycles. The molecule has 0 bridgehead atoms. The molecular formula is C11H22N2O4S. The third kappa shape index (κ3) is 3.93. The molecule has 0 spiro atoms. The van der Waals surface area contributed by atoms with E-state index in [1.165, 1.54) is 4.31 Å². The van der Waals surface area contributed by atoms with Crippen molar-refractivity contribution in [2.45, 2.75) is 45.2 Å². The largest absolute Gasteiger partial charge is 0.480 e. The second-order valence-electron chi connectivity index (χ2n) is 4.54. The molecule has 106 valence electrons. The summed E-state index contributed by atoms with van der Waals surface area (Å²) in [7, 11) is -3.11. The van der Waals surface area contributed by atoms with Crippen molar-refractivity contribution in [3.8, 4) is 0 Å². The summed E-state index contributed by atoms with van der Waals surface area (Å²) in [6, 6.07) is -0.446. The van der Waals surface area contributed by atoms with Gasteiger partial charge in [0.2, 0.25) is 10.0 Å². The minimum atomic E-state index is -3.11. The monoisotopic (exact) mass is 278 g/mol. The highest BCUT2D eigenvalue weighted by Gasteiger charge is 2.28. The van der Waals surface area contributed by atoms with Crippen LogP contribution in [-0.2, 0) is 14.8 Å². The van der Waals surface area contributed by atoms with Crippen LogP contribution < -0.4 is 5.32 Å². The number of aliphatic carboxylic acids is 1. The maximum Gasteiger partial charge on any atom is 0.320 e. The Balaban J connectivity index is 2.47. The normalized spacial score (nSPS) is 20.8. The number of carboxylic acid groups (broad SMARTS) is 1. The van der Waals surface area contributed by atoms with Crippen LogP contribution in [0.2, 0.25) is 0 Å². The van der Waals surface area contributed by atoms with Crippen LogP contribution in [-0.4, -0.2) is 54.7 Å². The lowest BCUT2D eigenvalue weighted by atomic mass is 10.0. The van der Waals surface area contributed by atoms with E-state index in [0.29, 0.717) is 32.4 Å². The fraction of sp³-hybridized carbons (Fsp3) is 0.909. The van der Waals surface area contributed by atoms with Crippen LogP contribution in [0.15, 0.2) is 0 Å². The molecule has 1 aliphatic heterocycles. The lowest BCUT2D eigenvalue weighted by Crippen LogP contribution is -2.49. The summed E-state index contributed by atoms with van der Waals surface area (Å²) in [4.78, 5) is 10.9. The number of carboxylic acids is 1. The second kappa shape index (κ2) is 6.49. The fourth-order valence-electron chi connectivity index (χ4n) is 2.13. The Hall–Kier alpha value is -0.660. The predicted octanol–water partition coefficient (Wildman–Crippen LogP) is 0.253. The van der Waals surface area contributed by atoms with Gasteiger partial charge in [0.1, 0.15) is 6.04 Å². The molecular weight excluding hydrogens is 256 g/mol. The molecule has 18 heavy (non-hydrogen) atoms. The average Bonchev–Trinajstić information content (AvgIpc) is 2.36. The van der Waals surface area contributed by atoms with Crippen LogP contribution in [0.25, 0.3) is 0 Å². The molecule has 1 unspecified atom stereocenters. The Morgan fingerprint density at radius 3 is 2.33 bits per heavy atom. The summed E-state index contributed by atoms with van der Waals surface area (Å²) in [5, 5.41) is 12.0. The zero-order chi connectivity index (χ0) is 13.8. The lowest BCUT2D eigenvalue weighted by Gasteiger charge is -2.32. The molecule has 0 aliphatic carbocycles. The van der Waals surface area contributed by atoms with Gasteiger partial charge in [-0.25, -0.2) is 12.7 Å². The first-order valence-electron chi connectivity index (χ1n) is 6.37. The number of sulfonamides is 1. The van der Waals surface area contributed by atoms with Gasteiger partial charge in [0.15, 0.2) is 0 Å². The summed E-state index contributed by atoms with van der Waals surface area (Å²) < 4.78 is 24.8. The van der Waals surface area contributed by atoms with E-state index in [0.717, 1.165) is 0 Å². The first kappa shape index (κ1) is 15.4. The Bertz CT molecular complexity index is 375. The van der Waals surface area contributed by atoms with Crippen molar-refractivity contribution in [2.24, 2.45) is 0 Å². The highest BCUT2D eigenvalue weighted by Crippen LogP contribution is 2.15. The molecule has 1 saturated heterocycles. The highest BCUT2D eigenvalue weighted by molar-refractivity contribution is 7.89. The van der Waals surface area contributed by atoms with E-state index in [1.54, 1.807) is 6.92 Å². The van der Waals surface area contributed by atoms with Gasteiger partial charge in [-0.05, 0) is 26.2 Å². The van der Waals surface area contributed by atoms with E-state index in [-0.39, 0.29) is 11.8 Å². The number of carbonyl (C=O) groups is 1.